The molecular formula is C29H27N4O5-. The van der Waals surface area contributed by atoms with E-state index in [1.54, 1.807) is 56.3 Å². The molecule has 2 unspecified atom stereocenters. The Balaban J connectivity index is 1.67. The molecule has 0 spiro atoms. The van der Waals surface area contributed by atoms with Gasteiger partial charge in [0.1, 0.15) is 0 Å². The Bertz CT molecular complexity index is 1450. The molecule has 0 saturated carbocycles. The van der Waals surface area contributed by atoms with Crippen molar-refractivity contribution in [1.29, 1.82) is 0 Å². The van der Waals surface area contributed by atoms with Gasteiger partial charge in [0.05, 0.1) is 24.3 Å². The highest BCUT2D eigenvalue weighted by molar-refractivity contribution is 6.09. The van der Waals surface area contributed by atoms with E-state index >= 15 is 0 Å². The third-order valence-corrected chi connectivity index (χ3v) is 6.59. The second-order valence-electron chi connectivity index (χ2n) is 9.19. The normalized spacial score (nSPS) is 19.4. The minimum absolute atomic E-state index is 0.0823. The van der Waals surface area contributed by atoms with Crippen molar-refractivity contribution in [2.45, 2.75) is 33.1 Å². The number of rotatable bonds is 5. The molecule has 2 N–H and O–H groups in total. The second kappa shape index (κ2) is 10.7. The highest BCUT2D eigenvalue weighted by atomic mass is 16.5. The van der Waals surface area contributed by atoms with Crippen LogP contribution in [0.2, 0.25) is 0 Å². The summed E-state index contributed by atoms with van der Waals surface area (Å²) in [6.07, 6.45) is 5.69. The molecule has 9 heteroatoms. The van der Waals surface area contributed by atoms with Crippen molar-refractivity contribution in [2.24, 2.45) is 11.0 Å². The van der Waals surface area contributed by atoms with Gasteiger partial charge >= 0.3 is 5.97 Å². The van der Waals surface area contributed by atoms with Crippen LogP contribution >= 0.6 is 0 Å². The zero-order valence-corrected chi connectivity index (χ0v) is 21.5. The molecule has 2 aliphatic rings. The summed E-state index contributed by atoms with van der Waals surface area (Å²) in [7, 11) is 1.30. The Hall–Kier alpha value is -4.68. The molecule has 0 aliphatic carbocycles. The molecule has 2 amide bonds. The number of methoxy groups -OCH3 is 1. The number of hydroxylamine groups is 1. The number of nitrogens with zero attached hydrogens (tertiary/aromatic N) is 2. The van der Waals surface area contributed by atoms with E-state index in [9.17, 15) is 19.6 Å². The number of ether oxygens (including phenoxy) is 1. The predicted octanol–water partition coefficient (Wildman–Crippen LogP) is 3.78. The quantitative estimate of drug-likeness (QED) is 0.465. The van der Waals surface area contributed by atoms with E-state index in [2.05, 4.69) is 21.7 Å². The van der Waals surface area contributed by atoms with Crippen molar-refractivity contribution < 1.29 is 19.1 Å². The first-order valence-corrected chi connectivity index (χ1v) is 12.0. The van der Waals surface area contributed by atoms with Gasteiger partial charge in [-0.2, -0.15) is 5.10 Å². The topological polar surface area (TPSA) is 123 Å². The lowest BCUT2D eigenvalue weighted by atomic mass is 9.79. The summed E-state index contributed by atoms with van der Waals surface area (Å²) in [4.78, 5) is 38.1. The smallest absolute Gasteiger partial charge is 0.336 e. The molecule has 0 aromatic heterocycles. The van der Waals surface area contributed by atoms with Crippen LogP contribution in [-0.4, -0.2) is 35.8 Å². The summed E-state index contributed by atoms with van der Waals surface area (Å²) in [5, 5.41) is 21.7. The lowest BCUT2D eigenvalue weighted by Gasteiger charge is -2.31. The van der Waals surface area contributed by atoms with Crippen molar-refractivity contribution in [1.82, 2.24) is 10.5 Å². The number of hydrazone groups is 1. The van der Waals surface area contributed by atoms with Gasteiger partial charge in [0, 0.05) is 40.6 Å². The molecule has 0 radical (unpaired) electrons. The maximum atomic E-state index is 13.7. The van der Waals surface area contributed by atoms with E-state index in [0.717, 1.165) is 0 Å². The van der Waals surface area contributed by atoms with Crippen molar-refractivity contribution in [2.75, 3.05) is 12.4 Å². The first kappa shape index (κ1) is 26.4. The Labute approximate surface area is 220 Å². The number of benzene rings is 2. The van der Waals surface area contributed by atoms with Crippen LogP contribution in [0.3, 0.4) is 0 Å². The van der Waals surface area contributed by atoms with Gasteiger partial charge in [-0.15, -0.1) is 6.42 Å². The highest BCUT2D eigenvalue weighted by Crippen LogP contribution is 2.39. The maximum Gasteiger partial charge on any atom is 0.336 e. The number of anilines is 1. The number of terminal acetylenes is 1. The molecule has 4 rings (SSSR count). The van der Waals surface area contributed by atoms with Gasteiger partial charge in [0.25, 0.3) is 5.91 Å². The Morgan fingerprint density at radius 2 is 1.84 bits per heavy atom. The third kappa shape index (κ3) is 5.08. The van der Waals surface area contributed by atoms with E-state index in [1.807, 2.05) is 13.0 Å². The van der Waals surface area contributed by atoms with Crippen molar-refractivity contribution >= 4 is 29.2 Å². The van der Waals surface area contributed by atoms with Gasteiger partial charge in [0.2, 0.25) is 5.91 Å². The van der Waals surface area contributed by atoms with Crippen molar-refractivity contribution in [3.05, 3.63) is 93.0 Å². The minimum atomic E-state index is -0.714. The zero-order valence-electron chi connectivity index (χ0n) is 21.5. The van der Waals surface area contributed by atoms with Crippen LogP contribution in [0.4, 0.5) is 5.69 Å². The molecule has 38 heavy (non-hydrogen) atoms. The summed E-state index contributed by atoms with van der Waals surface area (Å²) in [6, 6.07) is 14.0. The molecule has 2 aromatic rings. The number of hydrogen-bond acceptors (Lipinski definition) is 7. The molecule has 194 valence electrons. The number of carbonyl (C=O) groups excluding carboxylic acids is 3. The largest absolute Gasteiger partial charge is 0.735 e. The van der Waals surface area contributed by atoms with Crippen LogP contribution in [-0.2, 0) is 19.1 Å². The zero-order chi connectivity index (χ0) is 27.6. The van der Waals surface area contributed by atoms with E-state index in [1.165, 1.54) is 7.11 Å². The molecule has 0 fully saturated rings. The number of dihydropyridines is 1. The number of carbonyl (C=O) groups is 3. The molecule has 2 aromatic carbocycles. The summed E-state index contributed by atoms with van der Waals surface area (Å²) < 4.78 is 5.05. The van der Waals surface area contributed by atoms with Crippen LogP contribution in [0, 0.1) is 23.5 Å². The number of esters is 1. The number of allylic oxidation sites excluding steroid dienone is 2. The Kier molecular flexibility index (Phi) is 7.46. The predicted molar refractivity (Wildman–Crippen MR) is 143 cm³/mol. The van der Waals surface area contributed by atoms with E-state index in [0.29, 0.717) is 50.6 Å². The minimum Gasteiger partial charge on any atom is -0.735 e. The lowest BCUT2D eigenvalue weighted by molar-refractivity contribution is -0.136. The molecule has 2 heterocycles. The summed E-state index contributed by atoms with van der Waals surface area (Å²) >= 11 is 0. The highest BCUT2D eigenvalue weighted by Gasteiger charge is 2.37. The van der Waals surface area contributed by atoms with Crippen molar-refractivity contribution in [3.63, 3.8) is 0 Å². The SMILES string of the molecule is C#Cc1cccc(C2C(C(=O)Nc3ccc(C4=NN([O-])C(=O)CC4C)cc3)=C(C)NC(C)=C2C(=O)OC)c1. The second-order valence-corrected chi connectivity index (χ2v) is 9.19. The van der Waals surface area contributed by atoms with E-state index in [4.69, 9.17) is 11.2 Å². The first-order valence-electron chi connectivity index (χ1n) is 12.0. The number of hydrogen-bond donors (Lipinski definition) is 2. The molecule has 2 atom stereocenters. The van der Waals surface area contributed by atoms with Gasteiger partial charge in [0.15, 0.2) is 0 Å². The lowest BCUT2D eigenvalue weighted by Crippen LogP contribution is -2.33. The summed E-state index contributed by atoms with van der Waals surface area (Å²) in [6.45, 7) is 5.35. The van der Waals surface area contributed by atoms with Gasteiger partial charge in [-0.3, -0.25) is 9.59 Å². The van der Waals surface area contributed by atoms with Gasteiger partial charge in [-0.25, -0.2) is 4.79 Å². The Morgan fingerprint density at radius 3 is 2.50 bits per heavy atom. The molecule has 0 saturated heterocycles. The van der Waals surface area contributed by atoms with Crippen LogP contribution in [0.1, 0.15) is 49.8 Å². The van der Waals surface area contributed by atoms with Crippen LogP contribution in [0.5, 0.6) is 0 Å². The Morgan fingerprint density at radius 1 is 1.16 bits per heavy atom. The van der Waals surface area contributed by atoms with Crippen LogP contribution < -0.4 is 10.6 Å². The van der Waals surface area contributed by atoms with Crippen LogP contribution in [0.15, 0.2) is 76.2 Å². The average molecular weight is 512 g/mol. The van der Waals surface area contributed by atoms with Crippen molar-refractivity contribution in [3.8, 4) is 12.3 Å². The number of nitrogens with one attached hydrogen (secondary N) is 2. The number of amides is 2. The van der Waals surface area contributed by atoms with Crippen LogP contribution in [0.25, 0.3) is 0 Å². The van der Waals surface area contributed by atoms with Gasteiger partial charge < -0.3 is 25.7 Å². The standard InChI is InChI=1S/C29H27N4O5/c1-6-19-8-7-9-21(15-19)26-24(17(3)30-18(4)25(26)29(36)38-5)28(35)31-22-12-10-20(11-13-22)27-16(2)14-23(34)33(37)32-27/h1,7-13,15-16,26,30H,14H2,2-5H3,(H,31,35)/q-1. The average Bonchev–Trinajstić information content (AvgIpc) is 2.90. The fourth-order valence-corrected chi connectivity index (χ4v) is 4.77. The fraction of sp³-hybridized carbons (Fsp3) is 0.241. The van der Waals surface area contributed by atoms with Gasteiger partial charge in [-0.1, -0.05) is 37.1 Å². The molecule has 0 bridgehead atoms. The molecule has 2 aliphatic heterocycles. The van der Waals surface area contributed by atoms with E-state index < -0.39 is 23.7 Å². The monoisotopic (exact) mass is 511 g/mol. The summed E-state index contributed by atoms with van der Waals surface area (Å²) in [5.74, 6) is 0.135. The first-order chi connectivity index (χ1) is 18.1. The molecular weight excluding hydrogens is 484 g/mol. The fourth-order valence-electron chi connectivity index (χ4n) is 4.77. The van der Waals surface area contributed by atoms with Gasteiger partial charge in [-0.05, 0) is 49.2 Å². The summed E-state index contributed by atoms with van der Waals surface area (Å²) in [5.41, 5.74) is 4.81. The molecule has 9 nitrogen and oxygen atoms in total. The third-order valence-electron chi connectivity index (χ3n) is 6.59. The van der Waals surface area contributed by atoms with E-state index in [-0.39, 0.29) is 17.5 Å². The maximum absolute atomic E-state index is 13.7.